The average Bonchev–Trinajstić information content (AvgIpc) is 2.62. The Kier molecular flexibility index (Phi) is 5.85. The lowest BCUT2D eigenvalue weighted by atomic mass is 9.79. The number of benzene rings is 2. The van der Waals surface area contributed by atoms with Crippen molar-refractivity contribution in [1.82, 2.24) is 0 Å². The van der Waals surface area contributed by atoms with Crippen LogP contribution in [0.25, 0.3) is 22.0 Å². The summed E-state index contributed by atoms with van der Waals surface area (Å²) < 4.78 is 17.5. The summed E-state index contributed by atoms with van der Waals surface area (Å²) in [6.07, 6.45) is 0. The first-order valence-electron chi connectivity index (χ1n) is 10.7. The fraction of sp³-hybridized carbons (Fsp3) is 0.444. The second kappa shape index (κ2) is 7.89. The summed E-state index contributed by atoms with van der Waals surface area (Å²) in [6, 6.07) is 11.0. The first kappa shape index (κ1) is 21.5. The lowest BCUT2D eigenvalue weighted by Gasteiger charge is -2.26. The lowest BCUT2D eigenvalue weighted by Crippen LogP contribution is -2.35. The van der Waals surface area contributed by atoms with E-state index in [9.17, 15) is 0 Å². The Labute approximate surface area is 175 Å². The topological polar surface area (TPSA) is 3.88 Å². The molecule has 154 valence electrons. The minimum Gasteiger partial charge on any atom is -0.206 e. The molecule has 1 aromatic heterocycles. The lowest BCUT2D eigenvalue weighted by molar-refractivity contribution is -0.665. The molecule has 0 aliphatic carbocycles. The molecular formula is C27H35FN+. The van der Waals surface area contributed by atoms with Crippen LogP contribution in [0.5, 0.6) is 0 Å². The van der Waals surface area contributed by atoms with Crippen molar-refractivity contribution in [3.8, 4) is 11.3 Å². The number of nitrogens with zero attached hydrogens (tertiary/aromatic N) is 1. The highest BCUT2D eigenvalue weighted by Crippen LogP contribution is 2.37. The normalized spacial score (nSPS) is 12.0. The van der Waals surface area contributed by atoms with Crippen molar-refractivity contribution >= 4 is 10.8 Å². The van der Waals surface area contributed by atoms with Crippen molar-refractivity contribution in [2.75, 3.05) is 0 Å². The molecular weight excluding hydrogens is 357 g/mol. The molecule has 0 bridgehead atoms. The van der Waals surface area contributed by atoms with Gasteiger partial charge in [-0.3, -0.25) is 0 Å². The van der Waals surface area contributed by atoms with E-state index in [1.165, 1.54) is 10.9 Å². The Morgan fingerprint density at radius 2 is 1.45 bits per heavy atom. The maximum absolute atomic E-state index is 15.4. The summed E-state index contributed by atoms with van der Waals surface area (Å²) in [5.74, 6) is 1.55. The molecule has 0 unspecified atom stereocenters. The van der Waals surface area contributed by atoms with Gasteiger partial charge >= 0.3 is 0 Å². The quantitative estimate of drug-likeness (QED) is 0.417. The molecule has 0 fully saturated rings. The van der Waals surface area contributed by atoms with E-state index in [-0.39, 0.29) is 5.82 Å². The predicted octanol–water partition coefficient (Wildman–Crippen LogP) is 7.10. The molecule has 3 rings (SSSR count). The van der Waals surface area contributed by atoms with Gasteiger partial charge in [-0.2, -0.15) is 4.57 Å². The van der Waals surface area contributed by atoms with Gasteiger partial charge in [0.2, 0.25) is 5.69 Å². The maximum atomic E-state index is 15.4. The molecule has 0 saturated heterocycles. The molecule has 0 saturated carbocycles. The van der Waals surface area contributed by atoms with Gasteiger partial charge in [-0.1, -0.05) is 45.9 Å². The smallest absolute Gasteiger partial charge is 0.206 e. The van der Waals surface area contributed by atoms with Gasteiger partial charge < -0.3 is 0 Å². The van der Waals surface area contributed by atoms with Gasteiger partial charge in [0.1, 0.15) is 12.9 Å². The number of rotatable bonds is 4. The molecule has 1 nitrogen and oxygen atoms in total. The van der Waals surface area contributed by atoms with Crippen molar-refractivity contribution in [2.24, 2.45) is 18.9 Å². The van der Waals surface area contributed by atoms with Crippen molar-refractivity contribution in [2.45, 2.75) is 61.3 Å². The van der Waals surface area contributed by atoms with Gasteiger partial charge in [-0.15, -0.1) is 0 Å². The molecule has 3 aromatic rings. The van der Waals surface area contributed by atoms with Crippen LogP contribution in [0, 0.1) is 45.3 Å². The highest BCUT2D eigenvalue weighted by atomic mass is 19.1. The Morgan fingerprint density at radius 3 is 2.03 bits per heavy atom. The first-order chi connectivity index (χ1) is 13.5. The summed E-state index contributed by atoms with van der Waals surface area (Å²) in [5, 5.41) is 2.30. The Bertz CT molecular complexity index is 1040. The molecule has 1 heterocycles. The second-order valence-electron chi connectivity index (χ2n) is 9.38. The SMILES string of the molecule is Cc1cc(C)c(F)c(-c2c3ccc(C(C(C)C)C(C)C)cc3cc(C)[n+]2C)c1C. The molecule has 0 atom stereocenters. The van der Waals surface area contributed by atoms with Gasteiger partial charge in [-0.25, -0.2) is 4.39 Å². The van der Waals surface area contributed by atoms with Crippen LogP contribution in [0.1, 0.15) is 61.6 Å². The minimum atomic E-state index is -0.109. The third-order valence-corrected chi connectivity index (χ3v) is 6.58. The molecule has 0 spiro atoms. The van der Waals surface area contributed by atoms with Crippen LogP contribution in [0.4, 0.5) is 4.39 Å². The zero-order valence-corrected chi connectivity index (χ0v) is 19.4. The fourth-order valence-corrected chi connectivity index (χ4v) is 4.98. The van der Waals surface area contributed by atoms with E-state index in [2.05, 4.69) is 70.4 Å². The number of hydrogen-bond acceptors (Lipinski definition) is 0. The fourth-order valence-electron chi connectivity index (χ4n) is 4.98. The summed E-state index contributed by atoms with van der Waals surface area (Å²) in [6.45, 7) is 17.2. The largest absolute Gasteiger partial charge is 0.223 e. The first-order valence-corrected chi connectivity index (χ1v) is 10.7. The van der Waals surface area contributed by atoms with Crippen molar-refractivity contribution in [3.63, 3.8) is 0 Å². The van der Waals surface area contributed by atoms with E-state index in [1.54, 1.807) is 0 Å². The standard InChI is InChI=1S/C27H35FN/c1-15(2)24(16(3)4)21-10-11-23-22(14-21)13-19(7)29(9)27(23)25-20(8)17(5)12-18(6)26(25)28/h10-16,24H,1-9H3/q+1. The van der Waals surface area contributed by atoms with Crippen LogP contribution in [-0.4, -0.2) is 0 Å². The van der Waals surface area contributed by atoms with Gasteiger partial charge in [0.25, 0.3) is 0 Å². The van der Waals surface area contributed by atoms with Gasteiger partial charge in [0, 0.05) is 13.0 Å². The molecule has 0 aliphatic heterocycles. The van der Waals surface area contributed by atoms with Gasteiger partial charge in [0.15, 0.2) is 5.69 Å². The van der Waals surface area contributed by atoms with Crippen LogP contribution in [0.3, 0.4) is 0 Å². The number of hydrogen-bond donors (Lipinski definition) is 0. The highest BCUT2D eigenvalue weighted by Gasteiger charge is 2.26. The van der Waals surface area contributed by atoms with Crippen molar-refractivity contribution < 1.29 is 8.96 Å². The zero-order chi connectivity index (χ0) is 21.6. The molecule has 29 heavy (non-hydrogen) atoms. The van der Waals surface area contributed by atoms with Crippen LogP contribution >= 0.6 is 0 Å². The van der Waals surface area contributed by atoms with E-state index >= 15 is 4.39 Å². The second-order valence-corrected chi connectivity index (χ2v) is 9.38. The molecule has 0 aliphatic rings. The van der Waals surface area contributed by atoms with Gasteiger partial charge in [0.05, 0.1) is 10.9 Å². The van der Waals surface area contributed by atoms with E-state index in [4.69, 9.17) is 0 Å². The van der Waals surface area contributed by atoms with Crippen LogP contribution < -0.4 is 4.57 Å². The average molecular weight is 393 g/mol. The number of pyridine rings is 1. The third-order valence-electron chi connectivity index (χ3n) is 6.58. The summed E-state index contributed by atoms with van der Waals surface area (Å²) in [4.78, 5) is 0. The number of aryl methyl sites for hydroxylation is 3. The van der Waals surface area contributed by atoms with E-state index in [0.29, 0.717) is 23.3 Å². The van der Waals surface area contributed by atoms with Crippen LogP contribution in [0.15, 0.2) is 30.3 Å². The van der Waals surface area contributed by atoms with Crippen molar-refractivity contribution in [1.29, 1.82) is 0 Å². The van der Waals surface area contributed by atoms with Crippen LogP contribution in [-0.2, 0) is 7.05 Å². The van der Waals surface area contributed by atoms with Gasteiger partial charge in [-0.05, 0) is 72.2 Å². The van der Waals surface area contributed by atoms with E-state index in [1.807, 2.05) is 27.0 Å². The molecule has 0 amide bonds. The monoisotopic (exact) mass is 392 g/mol. The minimum absolute atomic E-state index is 0.109. The summed E-state index contributed by atoms with van der Waals surface area (Å²) in [5.41, 5.74) is 7.06. The molecule has 0 N–H and O–H groups in total. The van der Waals surface area contributed by atoms with E-state index in [0.717, 1.165) is 33.5 Å². The summed E-state index contributed by atoms with van der Waals surface area (Å²) >= 11 is 0. The Balaban J connectivity index is 2.37. The Hall–Kier alpha value is -2.22. The summed E-state index contributed by atoms with van der Waals surface area (Å²) in [7, 11) is 2.04. The Morgan fingerprint density at radius 1 is 0.828 bits per heavy atom. The van der Waals surface area contributed by atoms with Crippen molar-refractivity contribution in [3.05, 3.63) is 64.1 Å². The number of fused-ring (bicyclic) bond motifs is 1. The molecule has 0 radical (unpaired) electrons. The number of halogens is 1. The van der Waals surface area contributed by atoms with E-state index < -0.39 is 0 Å². The highest BCUT2D eigenvalue weighted by molar-refractivity contribution is 5.94. The maximum Gasteiger partial charge on any atom is 0.223 e. The number of aromatic nitrogens is 1. The molecule has 2 aromatic carbocycles. The zero-order valence-electron chi connectivity index (χ0n) is 19.4. The predicted molar refractivity (Wildman–Crippen MR) is 122 cm³/mol. The molecule has 2 heteroatoms. The third kappa shape index (κ3) is 3.70. The van der Waals surface area contributed by atoms with Crippen LogP contribution in [0.2, 0.25) is 0 Å².